The first-order chi connectivity index (χ1) is 11.4. The van der Waals surface area contributed by atoms with Crippen LogP contribution in [-0.2, 0) is 16.0 Å². The Morgan fingerprint density at radius 3 is 2.58 bits per heavy atom. The van der Waals surface area contributed by atoms with E-state index in [1.165, 1.54) is 24.8 Å². The molecule has 0 aliphatic heterocycles. The smallest absolute Gasteiger partial charge is 0.341 e. The lowest BCUT2D eigenvalue weighted by Crippen LogP contribution is -2.13. The number of carbonyl (C=O) groups excluding carboxylic acids is 2. The number of rotatable bonds is 5. The van der Waals surface area contributed by atoms with Crippen LogP contribution in [0.1, 0.15) is 33.5 Å². The summed E-state index contributed by atoms with van der Waals surface area (Å²) >= 11 is 0. The van der Waals surface area contributed by atoms with E-state index < -0.39 is 5.97 Å². The highest BCUT2D eigenvalue weighted by molar-refractivity contribution is 5.98. The van der Waals surface area contributed by atoms with E-state index in [-0.39, 0.29) is 29.3 Å². The fourth-order valence-electron chi connectivity index (χ4n) is 2.51. The molecule has 0 unspecified atom stereocenters. The molecule has 5 heteroatoms. The van der Waals surface area contributed by atoms with Crippen LogP contribution in [0.15, 0.2) is 36.4 Å². The lowest BCUT2D eigenvalue weighted by Gasteiger charge is -2.11. The van der Waals surface area contributed by atoms with E-state index in [9.17, 15) is 14.7 Å². The Hall–Kier alpha value is -2.82. The third-order valence-electron chi connectivity index (χ3n) is 3.83. The van der Waals surface area contributed by atoms with Crippen LogP contribution in [-0.4, -0.2) is 24.1 Å². The number of aryl methyl sites for hydroxylation is 3. The molecule has 0 saturated heterocycles. The van der Waals surface area contributed by atoms with Crippen molar-refractivity contribution >= 4 is 17.6 Å². The van der Waals surface area contributed by atoms with Gasteiger partial charge < -0.3 is 15.2 Å². The molecule has 24 heavy (non-hydrogen) atoms. The fourth-order valence-corrected chi connectivity index (χ4v) is 2.51. The largest absolute Gasteiger partial charge is 0.505 e. The number of benzene rings is 2. The number of esters is 1. The minimum atomic E-state index is -0.654. The second-order valence-electron chi connectivity index (χ2n) is 5.67. The maximum Gasteiger partial charge on any atom is 0.341 e. The second-order valence-corrected chi connectivity index (χ2v) is 5.67. The van der Waals surface area contributed by atoms with Crippen LogP contribution in [0.3, 0.4) is 0 Å². The van der Waals surface area contributed by atoms with Crippen molar-refractivity contribution in [2.24, 2.45) is 0 Å². The molecule has 0 bridgehead atoms. The summed E-state index contributed by atoms with van der Waals surface area (Å²) in [5.74, 6) is -1.17. The molecule has 0 spiro atoms. The van der Waals surface area contributed by atoms with Crippen molar-refractivity contribution in [2.75, 3.05) is 12.4 Å². The quantitative estimate of drug-likeness (QED) is 0.652. The molecule has 0 aliphatic rings. The van der Waals surface area contributed by atoms with Crippen molar-refractivity contribution in [2.45, 2.75) is 26.7 Å². The number of ether oxygens (including phenoxy) is 1. The van der Waals surface area contributed by atoms with Gasteiger partial charge in [-0.25, -0.2) is 4.79 Å². The summed E-state index contributed by atoms with van der Waals surface area (Å²) in [7, 11) is 1.23. The second kappa shape index (κ2) is 7.64. The molecule has 2 rings (SSSR count). The first-order valence-electron chi connectivity index (χ1n) is 7.68. The van der Waals surface area contributed by atoms with Crippen LogP contribution >= 0.6 is 0 Å². The maximum absolute atomic E-state index is 12.1. The summed E-state index contributed by atoms with van der Waals surface area (Å²) in [4.78, 5) is 23.7. The maximum atomic E-state index is 12.1. The predicted octanol–water partition coefficient (Wildman–Crippen LogP) is 3.37. The molecule has 2 aromatic carbocycles. The Kier molecular flexibility index (Phi) is 5.58. The molecule has 0 fully saturated rings. The summed E-state index contributed by atoms with van der Waals surface area (Å²) in [5, 5.41) is 12.7. The van der Waals surface area contributed by atoms with Crippen molar-refractivity contribution in [3.05, 3.63) is 58.7 Å². The zero-order chi connectivity index (χ0) is 17.7. The van der Waals surface area contributed by atoms with Crippen LogP contribution in [0.25, 0.3) is 0 Å². The highest BCUT2D eigenvalue weighted by Gasteiger charge is 2.16. The van der Waals surface area contributed by atoms with Crippen molar-refractivity contribution in [1.82, 2.24) is 0 Å². The van der Waals surface area contributed by atoms with Gasteiger partial charge in [-0.3, -0.25) is 4.79 Å². The van der Waals surface area contributed by atoms with Crippen molar-refractivity contribution in [3.8, 4) is 5.75 Å². The molecule has 0 aliphatic carbocycles. The molecule has 0 atom stereocenters. The van der Waals surface area contributed by atoms with Gasteiger partial charge in [-0.05, 0) is 43.5 Å². The van der Waals surface area contributed by atoms with Gasteiger partial charge in [0.1, 0.15) is 5.56 Å². The SMILES string of the molecule is COC(=O)c1cccc(NC(=O)CCc2ccc(C)cc2C)c1O. The molecule has 126 valence electrons. The van der Waals surface area contributed by atoms with E-state index >= 15 is 0 Å². The van der Waals surface area contributed by atoms with Crippen LogP contribution in [0.5, 0.6) is 5.75 Å². The van der Waals surface area contributed by atoms with E-state index in [1.807, 2.05) is 26.0 Å². The lowest BCUT2D eigenvalue weighted by molar-refractivity contribution is -0.116. The number of amides is 1. The highest BCUT2D eigenvalue weighted by Crippen LogP contribution is 2.28. The first-order valence-corrected chi connectivity index (χ1v) is 7.68. The number of phenols is 1. The molecule has 0 heterocycles. The van der Waals surface area contributed by atoms with E-state index in [0.29, 0.717) is 6.42 Å². The van der Waals surface area contributed by atoms with Gasteiger partial charge in [0.05, 0.1) is 12.8 Å². The topological polar surface area (TPSA) is 75.6 Å². The molecule has 5 nitrogen and oxygen atoms in total. The van der Waals surface area contributed by atoms with Gasteiger partial charge in [-0.2, -0.15) is 0 Å². The summed E-state index contributed by atoms with van der Waals surface area (Å²) in [5.41, 5.74) is 3.67. The zero-order valence-corrected chi connectivity index (χ0v) is 14.1. The molecule has 0 radical (unpaired) electrons. The molecular weight excluding hydrogens is 306 g/mol. The number of phenolic OH excluding ortho intramolecular Hbond substituents is 1. The Labute approximate surface area is 141 Å². The number of hydrogen-bond donors (Lipinski definition) is 2. The molecule has 0 saturated carbocycles. The monoisotopic (exact) mass is 327 g/mol. The summed E-state index contributed by atoms with van der Waals surface area (Å²) in [6, 6.07) is 10.7. The van der Waals surface area contributed by atoms with E-state index in [4.69, 9.17) is 0 Å². The number of aromatic hydroxyl groups is 1. The summed E-state index contributed by atoms with van der Waals surface area (Å²) in [6.45, 7) is 4.05. The first kappa shape index (κ1) is 17.5. The molecule has 0 aromatic heterocycles. The van der Waals surface area contributed by atoms with Gasteiger partial charge in [0.25, 0.3) is 0 Å². The Morgan fingerprint density at radius 2 is 1.92 bits per heavy atom. The number of nitrogens with one attached hydrogen (secondary N) is 1. The van der Waals surface area contributed by atoms with Crippen molar-refractivity contribution in [3.63, 3.8) is 0 Å². The van der Waals surface area contributed by atoms with Gasteiger partial charge in [-0.1, -0.05) is 29.8 Å². The predicted molar refractivity (Wildman–Crippen MR) is 92.3 cm³/mol. The van der Waals surface area contributed by atoms with Gasteiger partial charge in [-0.15, -0.1) is 0 Å². The van der Waals surface area contributed by atoms with Crippen molar-refractivity contribution < 1.29 is 19.4 Å². The van der Waals surface area contributed by atoms with Gasteiger partial charge >= 0.3 is 5.97 Å². The van der Waals surface area contributed by atoms with Gasteiger partial charge in [0.15, 0.2) is 5.75 Å². The number of para-hydroxylation sites is 1. The Bertz CT molecular complexity index is 768. The number of methoxy groups -OCH3 is 1. The fraction of sp³-hybridized carbons (Fsp3) is 0.263. The zero-order valence-electron chi connectivity index (χ0n) is 14.1. The minimum Gasteiger partial charge on any atom is -0.505 e. The molecular formula is C19H21NO4. The third kappa shape index (κ3) is 4.13. The van der Waals surface area contributed by atoms with E-state index in [0.717, 1.165) is 11.1 Å². The normalized spacial score (nSPS) is 10.3. The van der Waals surface area contributed by atoms with Gasteiger partial charge in [0.2, 0.25) is 5.91 Å². The minimum absolute atomic E-state index is 0.0182. The van der Waals surface area contributed by atoms with Crippen LogP contribution in [0.2, 0.25) is 0 Å². The summed E-state index contributed by atoms with van der Waals surface area (Å²) in [6.07, 6.45) is 0.890. The average molecular weight is 327 g/mol. The van der Waals surface area contributed by atoms with Crippen LogP contribution in [0, 0.1) is 13.8 Å². The average Bonchev–Trinajstić information content (AvgIpc) is 2.55. The number of carbonyl (C=O) groups is 2. The summed E-state index contributed by atoms with van der Waals surface area (Å²) < 4.78 is 4.59. The standard InChI is InChI=1S/C19H21NO4/c1-12-7-8-14(13(2)11-12)9-10-17(21)20-16-6-4-5-15(18(16)22)19(23)24-3/h4-8,11,22H,9-10H2,1-3H3,(H,20,21). The van der Waals surface area contributed by atoms with Gasteiger partial charge in [0, 0.05) is 6.42 Å². The van der Waals surface area contributed by atoms with Crippen LogP contribution in [0.4, 0.5) is 5.69 Å². The lowest BCUT2D eigenvalue weighted by atomic mass is 10.0. The molecule has 1 amide bonds. The molecule has 2 N–H and O–H groups in total. The van der Waals surface area contributed by atoms with Crippen molar-refractivity contribution in [1.29, 1.82) is 0 Å². The number of anilines is 1. The Balaban J connectivity index is 2.03. The highest BCUT2D eigenvalue weighted by atomic mass is 16.5. The van der Waals surface area contributed by atoms with Crippen LogP contribution < -0.4 is 5.32 Å². The number of hydrogen-bond acceptors (Lipinski definition) is 4. The van der Waals surface area contributed by atoms with E-state index in [2.05, 4.69) is 16.1 Å². The van der Waals surface area contributed by atoms with E-state index in [1.54, 1.807) is 6.07 Å². The third-order valence-corrected chi connectivity index (χ3v) is 3.83. The molecule has 2 aromatic rings. The Morgan fingerprint density at radius 1 is 1.17 bits per heavy atom.